The fourth-order valence-electron chi connectivity index (χ4n) is 1.16. The maximum absolute atomic E-state index is 12.9. The molecule has 1 aromatic carbocycles. The van der Waals surface area contributed by atoms with E-state index in [1.165, 1.54) is 6.07 Å². The maximum atomic E-state index is 12.9. The van der Waals surface area contributed by atoms with Gasteiger partial charge in [0.25, 0.3) is 0 Å². The largest absolute Gasteiger partial charge is 0.308 e. The second kappa shape index (κ2) is 5.27. The molecule has 1 N–H and O–H groups in total. The van der Waals surface area contributed by atoms with Gasteiger partial charge in [0.1, 0.15) is 5.82 Å². The molecule has 14 heavy (non-hydrogen) atoms. The lowest BCUT2D eigenvalue weighted by molar-refractivity contribution is 0.622. The van der Waals surface area contributed by atoms with Gasteiger partial charge in [-0.15, -0.1) is 0 Å². The van der Waals surface area contributed by atoms with E-state index in [0.717, 1.165) is 15.6 Å². The number of nitrogens with one attached hydrogen (secondary N) is 1. The van der Waals surface area contributed by atoms with Gasteiger partial charge < -0.3 is 5.32 Å². The van der Waals surface area contributed by atoms with Gasteiger partial charge in [-0.2, -0.15) is 0 Å². The number of aryl methyl sites for hydroxylation is 1. The first-order valence-electron chi connectivity index (χ1n) is 4.38. The van der Waals surface area contributed by atoms with E-state index in [0.29, 0.717) is 13.1 Å². The Labute approximate surface area is 92.1 Å². The number of rotatable bonds is 4. The highest BCUT2D eigenvalue weighted by atomic mass is 79.9. The molecule has 1 rings (SSSR count). The minimum Gasteiger partial charge on any atom is -0.308 e. The van der Waals surface area contributed by atoms with Gasteiger partial charge in [-0.1, -0.05) is 28.6 Å². The molecule has 0 atom stereocenters. The molecular formula is C11H13BrFN. The first kappa shape index (κ1) is 11.4. The van der Waals surface area contributed by atoms with Crippen molar-refractivity contribution < 1.29 is 4.39 Å². The second-order valence-electron chi connectivity index (χ2n) is 3.19. The molecule has 1 aromatic rings. The van der Waals surface area contributed by atoms with Gasteiger partial charge in [0, 0.05) is 17.6 Å². The zero-order valence-corrected chi connectivity index (χ0v) is 9.70. The van der Waals surface area contributed by atoms with Crippen molar-refractivity contribution >= 4 is 15.9 Å². The van der Waals surface area contributed by atoms with E-state index >= 15 is 0 Å². The highest BCUT2D eigenvalue weighted by Gasteiger charge is 1.99. The molecule has 0 spiro atoms. The van der Waals surface area contributed by atoms with Gasteiger partial charge >= 0.3 is 0 Å². The van der Waals surface area contributed by atoms with Crippen LogP contribution in [0.15, 0.2) is 29.3 Å². The van der Waals surface area contributed by atoms with E-state index in [1.807, 2.05) is 6.92 Å². The van der Waals surface area contributed by atoms with Crippen LogP contribution in [0.3, 0.4) is 0 Å². The molecule has 0 saturated carbocycles. The highest BCUT2D eigenvalue weighted by Crippen LogP contribution is 2.10. The van der Waals surface area contributed by atoms with Crippen molar-refractivity contribution in [3.05, 3.63) is 46.2 Å². The van der Waals surface area contributed by atoms with Gasteiger partial charge in [0.2, 0.25) is 0 Å². The van der Waals surface area contributed by atoms with Crippen LogP contribution in [-0.2, 0) is 6.54 Å². The van der Waals surface area contributed by atoms with E-state index < -0.39 is 0 Å². The zero-order chi connectivity index (χ0) is 10.6. The van der Waals surface area contributed by atoms with E-state index in [9.17, 15) is 4.39 Å². The quantitative estimate of drug-likeness (QED) is 0.874. The summed E-state index contributed by atoms with van der Waals surface area (Å²) in [6, 6.07) is 4.82. The third-order valence-electron chi connectivity index (χ3n) is 1.94. The molecular weight excluding hydrogens is 245 g/mol. The number of hydrogen-bond donors (Lipinski definition) is 1. The molecule has 0 aliphatic rings. The smallest absolute Gasteiger partial charge is 0.123 e. The van der Waals surface area contributed by atoms with Crippen molar-refractivity contribution in [1.29, 1.82) is 0 Å². The lowest BCUT2D eigenvalue weighted by Gasteiger charge is -2.07. The average molecular weight is 258 g/mol. The van der Waals surface area contributed by atoms with Crippen molar-refractivity contribution in [1.82, 2.24) is 5.32 Å². The minimum absolute atomic E-state index is 0.190. The maximum Gasteiger partial charge on any atom is 0.123 e. The first-order chi connectivity index (χ1) is 6.59. The fraction of sp³-hybridized carbons (Fsp3) is 0.273. The molecule has 0 unspecified atom stereocenters. The van der Waals surface area contributed by atoms with Crippen LogP contribution in [-0.4, -0.2) is 6.54 Å². The molecule has 0 amide bonds. The van der Waals surface area contributed by atoms with E-state index in [4.69, 9.17) is 0 Å². The molecule has 3 heteroatoms. The predicted molar refractivity (Wildman–Crippen MR) is 60.9 cm³/mol. The molecule has 0 radical (unpaired) electrons. The van der Waals surface area contributed by atoms with Gasteiger partial charge in [0.05, 0.1) is 0 Å². The van der Waals surface area contributed by atoms with Crippen LogP contribution in [0.1, 0.15) is 11.1 Å². The van der Waals surface area contributed by atoms with Crippen molar-refractivity contribution in [3.63, 3.8) is 0 Å². The van der Waals surface area contributed by atoms with Crippen molar-refractivity contribution in [2.24, 2.45) is 0 Å². The molecule has 0 fully saturated rings. The molecule has 76 valence electrons. The monoisotopic (exact) mass is 257 g/mol. The molecule has 0 aliphatic carbocycles. The van der Waals surface area contributed by atoms with Crippen molar-refractivity contribution in [2.75, 3.05) is 6.54 Å². The van der Waals surface area contributed by atoms with Crippen LogP contribution in [0.5, 0.6) is 0 Å². The van der Waals surface area contributed by atoms with Crippen LogP contribution in [0.2, 0.25) is 0 Å². The summed E-state index contributed by atoms with van der Waals surface area (Å²) in [4.78, 5) is 0. The van der Waals surface area contributed by atoms with Gasteiger partial charge in [-0.05, 0) is 30.2 Å². The standard InChI is InChI=1S/C11H13BrFN/c1-8-3-4-11(13)5-10(8)7-14-6-9(2)12/h3-5,14H,2,6-7H2,1H3. The Morgan fingerprint density at radius 2 is 2.29 bits per heavy atom. The molecule has 0 aliphatic heterocycles. The molecule has 0 saturated heterocycles. The summed E-state index contributed by atoms with van der Waals surface area (Å²) in [5, 5.41) is 3.16. The second-order valence-corrected chi connectivity index (χ2v) is 4.31. The third kappa shape index (κ3) is 3.60. The van der Waals surface area contributed by atoms with E-state index in [-0.39, 0.29) is 5.82 Å². The Hall–Kier alpha value is -0.670. The van der Waals surface area contributed by atoms with Crippen molar-refractivity contribution in [3.8, 4) is 0 Å². The van der Waals surface area contributed by atoms with Crippen molar-refractivity contribution in [2.45, 2.75) is 13.5 Å². The Bertz CT molecular complexity index is 336. The summed E-state index contributed by atoms with van der Waals surface area (Å²) in [6.45, 7) is 7.03. The predicted octanol–water partition coefficient (Wildman–Crippen LogP) is 3.13. The normalized spacial score (nSPS) is 10.2. The summed E-state index contributed by atoms with van der Waals surface area (Å²) in [7, 11) is 0. The Morgan fingerprint density at radius 1 is 1.57 bits per heavy atom. The number of halogens is 2. The van der Waals surface area contributed by atoms with Gasteiger partial charge in [-0.3, -0.25) is 0 Å². The van der Waals surface area contributed by atoms with Crippen LogP contribution in [0.25, 0.3) is 0 Å². The summed E-state index contributed by atoms with van der Waals surface area (Å²) in [6.07, 6.45) is 0. The Kier molecular flexibility index (Phi) is 4.29. The topological polar surface area (TPSA) is 12.0 Å². The van der Waals surface area contributed by atoms with E-state index in [1.54, 1.807) is 12.1 Å². The Morgan fingerprint density at radius 3 is 2.93 bits per heavy atom. The minimum atomic E-state index is -0.190. The summed E-state index contributed by atoms with van der Waals surface area (Å²) in [5.74, 6) is -0.190. The number of hydrogen-bond acceptors (Lipinski definition) is 1. The lowest BCUT2D eigenvalue weighted by Crippen LogP contribution is -2.15. The molecule has 0 bridgehead atoms. The molecule has 0 aromatic heterocycles. The van der Waals surface area contributed by atoms with Crippen LogP contribution < -0.4 is 5.32 Å². The SMILES string of the molecule is C=C(Br)CNCc1cc(F)ccc1C. The van der Waals surface area contributed by atoms with Crippen LogP contribution in [0, 0.1) is 12.7 Å². The average Bonchev–Trinajstić information content (AvgIpc) is 2.10. The molecule has 0 heterocycles. The van der Waals surface area contributed by atoms with Crippen LogP contribution in [0.4, 0.5) is 4.39 Å². The van der Waals surface area contributed by atoms with E-state index in [2.05, 4.69) is 27.8 Å². The summed E-state index contributed by atoms with van der Waals surface area (Å²) < 4.78 is 13.8. The highest BCUT2D eigenvalue weighted by molar-refractivity contribution is 9.11. The summed E-state index contributed by atoms with van der Waals surface area (Å²) in [5.41, 5.74) is 2.08. The Balaban J connectivity index is 2.57. The molecule has 1 nitrogen and oxygen atoms in total. The van der Waals surface area contributed by atoms with Gasteiger partial charge in [0.15, 0.2) is 0 Å². The van der Waals surface area contributed by atoms with Crippen LogP contribution >= 0.6 is 15.9 Å². The third-order valence-corrected chi connectivity index (χ3v) is 2.22. The zero-order valence-electron chi connectivity index (χ0n) is 8.11. The number of benzene rings is 1. The summed E-state index contributed by atoms with van der Waals surface area (Å²) >= 11 is 3.25. The van der Waals surface area contributed by atoms with Gasteiger partial charge in [-0.25, -0.2) is 4.39 Å². The lowest BCUT2D eigenvalue weighted by atomic mass is 10.1. The first-order valence-corrected chi connectivity index (χ1v) is 5.18. The fourth-order valence-corrected chi connectivity index (χ4v) is 1.36.